The number of halogens is 2. The summed E-state index contributed by atoms with van der Waals surface area (Å²) >= 11 is 3.00. The molecule has 1 atom stereocenters. The van der Waals surface area contributed by atoms with Gasteiger partial charge in [0.05, 0.1) is 5.56 Å². The second kappa shape index (κ2) is 7.43. The lowest BCUT2D eigenvalue weighted by Gasteiger charge is -2.09. The van der Waals surface area contributed by atoms with Crippen LogP contribution in [0.4, 0.5) is 4.39 Å². The van der Waals surface area contributed by atoms with Gasteiger partial charge in [0.2, 0.25) is 10.0 Å². The van der Waals surface area contributed by atoms with Crippen molar-refractivity contribution < 1.29 is 21.8 Å². The third-order valence-electron chi connectivity index (χ3n) is 2.47. The first-order chi connectivity index (χ1) is 9.62. The Kier molecular flexibility index (Phi) is 6.44. The van der Waals surface area contributed by atoms with E-state index in [2.05, 4.69) is 21.2 Å². The lowest BCUT2D eigenvalue weighted by Crippen LogP contribution is -2.26. The Hall–Kier alpha value is -0.840. The van der Waals surface area contributed by atoms with Gasteiger partial charge >= 0.3 is 0 Å². The van der Waals surface area contributed by atoms with Gasteiger partial charge in [-0.1, -0.05) is 0 Å². The summed E-state index contributed by atoms with van der Waals surface area (Å²) in [5.74, 6) is -1.18. The normalized spacial score (nSPS) is 13.0. The zero-order chi connectivity index (χ0) is 16.2. The van der Waals surface area contributed by atoms with Crippen LogP contribution in [0.15, 0.2) is 21.5 Å². The van der Waals surface area contributed by atoms with Gasteiger partial charge in [-0.3, -0.25) is 9.00 Å². The minimum atomic E-state index is -4.26. The summed E-state index contributed by atoms with van der Waals surface area (Å²) in [6.07, 6.45) is 2.06. The fraction of sp³-hybridized carbons (Fsp3) is 0.364. The molecule has 3 N–H and O–H groups in total. The van der Waals surface area contributed by atoms with Crippen LogP contribution in [0.5, 0.6) is 0 Å². The molecular weight excluding hydrogens is 387 g/mol. The molecule has 0 aliphatic heterocycles. The van der Waals surface area contributed by atoms with E-state index < -0.39 is 37.4 Å². The zero-order valence-electron chi connectivity index (χ0n) is 11.1. The lowest BCUT2D eigenvalue weighted by molar-refractivity contribution is 0.0952. The molecule has 0 saturated carbocycles. The van der Waals surface area contributed by atoms with Gasteiger partial charge in [0.25, 0.3) is 5.91 Å². The molecule has 0 radical (unpaired) electrons. The molecule has 1 rings (SSSR count). The van der Waals surface area contributed by atoms with Gasteiger partial charge in [-0.15, -0.1) is 0 Å². The first kappa shape index (κ1) is 18.2. The summed E-state index contributed by atoms with van der Waals surface area (Å²) in [5, 5.41) is 7.41. The van der Waals surface area contributed by atoms with Crippen molar-refractivity contribution in [3.05, 3.63) is 28.0 Å². The topological polar surface area (TPSA) is 106 Å². The molecule has 1 aromatic carbocycles. The number of amides is 1. The molecular formula is C11H14BrFN2O4S2. The van der Waals surface area contributed by atoms with Crippen molar-refractivity contribution in [2.24, 2.45) is 5.14 Å². The Labute approximate surface area is 132 Å². The number of rotatable bonds is 6. The van der Waals surface area contributed by atoms with Crippen molar-refractivity contribution in [3.63, 3.8) is 0 Å². The quantitative estimate of drug-likeness (QED) is 0.686. The van der Waals surface area contributed by atoms with Crippen LogP contribution >= 0.6 is 15.9 Å². The largest absolute Gasteiger partial charge is 0.352 e. The molecule has 0 spiro atoms. The fourth-order valence-corrected chi connectivity index (χ4v) is 3.15. The van der Waals surface area contributed by atoms with Gasteiger partial charge < -0.3 is 5.32 Å². The Morgan fingerprint density at radius 1 is 1.48 bits per heavy atom. The van der Waals surface area contributed by atoms with Crippen LogP contribution in [0.1, 0.15) is 16.8 Å². The molecule has 1 amide bonds. The third kappa shape index (κ3) is 5.46. The average Bonchev–Trinajstić information content (AvgIpc) is 2.32. The molecule has 21 heavy (non-hydrogen) atoms. The van der Waals surface area contributed by atoms with Gasteiger partial charge in [-0.25, -0.2) is 17.9 Å². The SMILES string of the molecule is CS(=O)CCCNC(=O)c1cc(S(N)(=O)=O)c(F)cc1Br. The minimum Gasteiger partial charge on any atom is -0.352 e. The van der Waals surface area contributed by atoms with Crippen LogP contribution in [0.2, 0.25) is 0 Å². The Morgan fingerprint density at radius 2 is 2.10 bits per heavy atom. The molecule has 0 aliphatic rings. The van der Waals surface area contributed by atoms with E-state index in [-0.39, 0.29) is 16.6 Å². The summed E-state index contributed by atoms with van der Waals surface area (Å²) in [6, 6.07) is 1.75. The molecule has 0 heterocycles. The van der Waals surface area contributed by atoms with Crippen molar-refractivity contribution in [3.8, 4) is 0 Å². The standard InChI is InChI=1S/C11H14BrFN2O4S2/c1-20(17)4-2-3-15-11(16)7-5-10(21(14,18)19)9(13)6-8(7)12/h5-6H,2-4H2,1H3,(H,15,16)(H2,14,18,19). The monoisotopic (exact) mass is 400 g/mol. The first-order valence-electron chi connectivity index (χ1n) is 5.73. The molecule has 0 saturated heterocycles. The number of nitrogens with two attached hydrogens (primary N) is 1. The highest BCUT2D eigenvalue weighted by Crippen LogP contribution is 2.23. The van der Waals surface area contributed by atoms with Crippen molar-refractivity contribution in [2.45, 2.75) is 11.3 Å². The van der Waals surface area contributed by atoms with E-state index >= 15 is 0 Å². The van der Waals surface area contributed by atoms with Crippen LogP contribution < -0.4 is 10.5 Å². The molecule has 0 bridgehead atoms. The fourth-order valence-electron chi connectivity index (χ4n) is 1.49. The lowest BCUT2D eigenvalue weighted by atomic mass is 10.2. The van der Waals surface area contributed by atoms with Gasteiger partial charge in [0.15, 0.2) is 0 Å². The third-order valence-corrected chi connectivity index (χ3v) is 4.91. The van der Waals surface area contributed by atoms with Gasteiger partial charge in [-0.05, 0) is 34.5 Å². The van der Waals surface area contributed by atoms with E-state index in [4.69, 9.17) is 5.14 Å². The van der Waals surface area contributed by atoms with Crippen molar-refractivity contribution in [2.75, 3.05) is 18.6 Å². The highest BCUT2D eigenvalue weighted by molar-refractivity contribution is 9.10. The van der Waals surface area contributed by atoms with Crippen molar-refractivity contribution >= 4 is 42.7 Å². The van der Waals surface area contributed by atoms with Crippen LogP contribution in [0.3, 0.4) is 0 Å². The van der Waals surface area contributed by atoms with E-state index in [9.17, 15) is 21.8 Å². The predicted octanol–water partition coefficient (Wildman–Crippen LogP) is 0.734. The molecule has 0 fully saturated rings. The number of nitrogens with one attached hydrogen (secondary N) is 1. The summed E-state index contributed by atoms with van der Waals surface area (Å²) in [6.45, 7) is 0.271. The van der Waals surface area contributed by atoms with Crippen LogP contribution in [0.25, 0.3) is 0 Å². The predicted molar refractivity (Wildman–Crippen MR) is 81.4 cm³/mol. The number of carbonyl (C=O) groups is 1. The number of benzene rings is 1. The molecule has 0 aromatic heterocycles. The van der Waals surface area contributed by atoms with Crippen LogP contribution in [0, 0.1) is 5.82 Å². The van der Waals surface area contributed by atoms with E-state index in [1.165, 1.54) is 0 Å². The summed E-state index contributed by atoms with van der Waals surface area (Å²) in [5.41, 5.74) is -0.0435. The summed E-state index contributed by atoms with van der Waals surface area (Å²) in [7, 11) is -5.21. The number of hydrogen-bond donors (Lipinski definition) is 2. The molecule has 1 aromatic rings. The Bertz CT molecular complexity index is 679. The molecule has 1 unspecified atom stereocenters. The van der Waals surface area contributed by atoms with Gasteiger partial charge in [0, 0.05) is 33.8 Å². The molecule has 10 heteroatoms. The highest BCUT2D eigenvalue weighted by Gasteiger charge is 2.20. The zero-order valence-corrected chi connectivity index (χ0v) is 14.3. The second-order valence-corrected chi connectivity index (χ2v) is 8.13. The van der Waals surface area contributed by atoms with Crippen LogP contribution in [-0.4, -0.2) is 37.1 Å². The van der Waals surface area contributed by atoms with E-state index in [1.54, 1.807) is 6.26 Å². The minimum absolute atomic E-state index is 0.0435. The smallest absolute Gasteiger partial charge is 0.252 e. The first-order valence-corrected chi connectivity index (χ1v) is 9.79. The van der Waals surface area contributed by atoms with Crippen LogP contribution in [-0.2, 0) is 20.8 Å². The number of hydrogen-bond acceptors (Lipinski definition) is 4. The number of primary sulfonamides is 1. The second-order valence-electron chi connectivity index (χ2n) is 4.19. The van der Waals surface area contributed by atoms with Gasteiger partial charge in [-0.2, -0.15) is 0 Å². The molecule has 0 aliphatic carbocycles. The summed E-state index contributed by atoms with van der Waals surface area (Å²) < 4.78 is 47.0. The van der Waals surface area contributed by atoms with Gasteiger partial charge in [0.1, 0.15) is 10.7 Å². The molecule has 118 valence electrons. The van der Waals surface area contributed by atoms with Crippen molar-refractivity contribution in [1.29, 1.82) is 0 Å². The number of sulfonamides is 1. The maximum atomic E-state index is 13.5. The van der Waals surface area contributed by atoms with Crippen molar-refractivity contribution in [1.82, 2.24) is 5.32 Å². The van der Waals surface area contributed by atoms with E-state index in [0.29, 0.717) is 12.2 Å². The van der Waals surface area contributed by atoms with E-state index in [0.717, 1.165) is 12.1 Å². The number of carbonyl (C=O) groups excluding carboxylic acids is 1. The Balaban J connectivity index is 2.92. The average molecular weight is 401 g/mol. The highest BCUT2D eigenvalue weighted by atomic mass is 79.9. The maximum Gasteiger partial charge on any atom is 0.252 e. The Morgan fingerprint density at radius 3 is 2.62 bits per heavy atom. The molecule has 6 nitrogen and oxygen atoms in total. The summed E-state index contributed by atoms with van der Waals surface area (Å²) in [4.78, 5) is 11.2. The maximum absolute atomic E-state index is 13.5. The van der Waals surface area contributed by atoms with E-state index in [1.807, 2.05) is 0 Å².